The van der Waals surface area contributed by atoms with Crippen LogP contribution >= 0.6 is 0 Å². The maximum atomic E-state index is 14.3. The minimum Gasteiger partial charge on any atom is -0.497 e. The number of aromatic nitrogens is 1. The van der Waals surface area contributed by atoms with Crippen molar-refractivity contribution in [3.63, 3.8) is 0 Å². The fourth-order valence-electron chi connectivity index (χ4n) is 6.55. The third kappa shape index (κ3) is 3.02. The molecule has 3 aliphatic rings. The van der Waals surface area contributed by atoms with Gasteiger partial charge in [-0.15, -0.1) is 0 Å². The van der Waals surface area contributed by atoms with E-state index in [-0.39, 0.29) is 29.3 Å². The van der Waals surface area contributed by atoms with Crippen LogP contribution in [0.1, 0.15) is 40.2 Å². The van der Waals surface area contributed by atoms with E-state index in [0.29, 0.717) is 23.5 Å². The van der Waals surface area contributed by atoms with Crippen molar-refractivity contribution < 1.29 is 19.2 Å². The number of carbonyl (C=O) groups is 2. The second-order valence-corrected chi connectivity index (χ2v) is 9.49. The Morgan fingerprint density at radius 3 is 2.72 bits per heavy atom. The summed E-state index contributed by atoms with van der Waals surface area (Å²) in [5.74, 6) is -0.909. The average Bonchev–Trinajstić information content (AvgIpc) is 3.57. The number of pyridine rings is 1. The number of amides is 1. The topological polar surface area (TPSA) is 115 Å². The third-order valence-electron chi connectivity index (χ3n) is 7.93. The molecule has 4 heterocycles. The molecule has 4 atom stereocenters. The van der Waals surface area contributed by atoms with Gasteiger partial charge in [-0.2, -0.15) is 0 Å². The smallest absolute Gasteiger partial charge is 0.269 e. The molecule has 9 nitrogen and oxygen atoms in total. The Morgan fingerprint density at radius 2 is 2.03 bits per heavy atom. The van der Waals surface area contributed by atoms with E-state index in [9.17, 15) is 19.7 Å². The van der Waals surface area contributed by atoms with Crippen LogP contribution in [0.4, 0.5) is 11.4 Å². The molecule has 182 valence electrons. The number of benzene rings is 2. The van der Waals surface area contributed by atoms with E-state index >= 15 is 0 Å². The molecule has 6 rings (SSSR count). The summed E-state index contributed by atoms with van der Waals surface area (Å²) in [6.07, 6.45) is 4.84. The molecule has 1 spiro atoms. The molecule has 0 aliphatic carbocycles. The van der Waals surface area contributed by atoms with E-state index in [0.717, 1.165) is 24.0 Å². The summed E-state index contributed by atoms with van der Waals surface area (Å²) in [7, 11) is 1.57. The zero-order valence-electron chi connectivity index (χ0n) is 19.6. The second-order valence-electron chi connectivity index (χ2n) is 9.49. The summed E-state index contributed by atoms with van der Waals surface area (Å²) in [4.78, 5) is 45.5. The minimum atomic E-state index is -1.23. The Labute approximate surface area is 207 Å². The maximum absolute atomic E-state index is 14.3. The van der Waals surface area contributed by atoms with Gasteiger partial charge in [-0.1, -0.05) is 12.1 Å². The Kier molecular flexibility index (Phi) is 5.11. The van der Waals surface area contributed by atoms with Gasteiger partial charge in [0, 0.05) is 53.3 Å². The fraction of sp³-hybridized carbons (Fsp3) is 0.296. The lowest BCUT2D eigenvalue weighted by Crippen LogP contribution is -2.52. The number of nitrogens with zero attached hydrogens (tertiary/aromatic N) is 3. The summed E-state index contributed by atoms with van der Waals surface area (Å²) in [5, 5.41) is 14.3. The zero-order chi connectivity index (χ0) is 25.0. The Morgan fingerprint density at radius 1 is 1.22 bits per heavy atom. The van der Waals surface area contributed by atoms with Crippen molar-refractivity contribution in [2.45, 2.75) is 30.3 Å². The largest absolute Gasteiger partial charge is 0.497 e. The molecule has 0 bridgehead atoms. The molecule has 3 aliphatic heterocycles. The van der Waals surface area contributed by atoms with Crippen LogP contribution in [0.5, 0.6) is 5.75 Å². The normalized spacial score (nSPS) is 26.5. The average molecular weight is 485 g/mol. The second kappa shape index (κ2) is 8.23. The summed E-state index contributed by atoms with van der Waals surface area (Å²) < 4.78 is 5.50. The molecular weight excluding hydrogens is 460 g/mol. The number of hydrogen-bond donors (Lipinski definition) is 1. The lowest BCUT2D eigenvalue weighted by molar-refractivity contribution is -0.384. The highest BCUT2D eigenvalue weighted by Gasteiger charge is 2.69. The van der Waals surface area contributed by atoms with Gasteiger partial charge in [0.05, 0.1) is 18.0 Å². The first-order valence-electron chi connectivity index (χ1n) is 11.9. The van der Waals surface area contributed by atoms with Gasteiger partial charge in [0.15, 0.2) is 5.78 Å². The molecule has 1 amide bonds. The number of nitro benzene ring substituents is 1. The molecule has 2 aromatic carbocycles. The quantitative estimate of drug-likeness (QED) is 0.332. The van der Waals surface area contributed by atoms with Crippen molar-refractivity contribution in [2.75, 3.05) is 19.0 Å². The van der Waals surface area contributed by atoms with Crippen LogP contribution in [0.15, 0.2) is 67.0 Å². The third-order valence-corrected chi connectivity index (χ3v) is 7.93. The molecule has 1 aromatic heterocycles. The van der Waals surface area contributed by atoms with Crippen LogP contribution in [0, 0.1) is 16.0 Å². The molecule has 9 heteroatoms. The van der Waals surface area contributed by atoms with Gasteiger partial charge in [-0.05, 0) is 55.3 Å². The molecular formula is C27H24N4O5. The van der Waals surface area contributed by atoms with Crippen molar-refractivity contribution in [3.8, 4) is 5.75 Å². The summed E-state index contributed by atoms with van der Waals surface area (Å²) in [5.41, 5.74) is 1.38. The van der Waals surface area contributed by atoms with Crippen LogP contribution in [-0.4, -0.2) is 46.2 Å². The zero-order valence-corrected chi connectivity index (χ0v) is 19.6. The van der Waals surface area contributed by atoms with Gasteiger partial charge < -0.3 is 10.1 Å². The van der Waals surface area contributed by atoms with Crippen LogP contribution < -0.4 is 10.1 Å². The first-order chi connectivity index (χ1) is 17.5. The van der Waals surface area contributed by atoms with Gasteiger partial charge in [0.25, 0.3) is 5.69 Å². The molecule has 2 saturated heterocycles. The van der Waals surface area contributed by atoms with Crippen LogP contribution in [0.25, 0.3) is 0 Å². The van der Waals surface area contributed by atoms with E-state index < -0.39 is 16.4 Å². The minimum absolute atomic E-state index is 0.0152. The number of rotatable bonds is 5. The lowest BCUT2D eigenvalue weighted by Gasteiger charge is -2.37. The van der Waals surface area contributed by atoms with Crippen LogP contribution in [-0.2, 0) is 10.3 Å². The number of carbonyl (C=O) groups excluding carboxylic acids is 2. The van der Waals surface area contributed by atoms with Crippen molar-refractivity contribution in [3.05, 3.63) is 93.8 Å². The molecule has 1 N–H and O–H groups in total. The summed E-state index contributed by atoms with van der Waals surface area (Å²) in [6, 6.07) is 15.2. The number of methoxy groups -OCH3 is 1. The number of non-ortho nitro benzene ring substituents is 1. The highest BCUT2D eigenvalue weighted by atomic mass is 16.6. The number of anilines is 1. The number of nitrogens with one attached hydrogen (secondary N) is 1. The van der Waals surface area contributed by atoms with Crippen LogP contribution in [0.3, 0.4) is 0 Å². The fourth-order valence-corrected chi connectivity index (χ4v) is 6.55. The number of nitro groups is 1. The monoisotopic (exact) mass is 484 g/mol. The number of hydrogen-bond acceptors (Lipinski definition) is 7. The number of Topliss-reactive ketones (excluding diaryl/α,β-unsaturated/α-hetero) is 1. The van der Waals surface area contributed by atoms with Gasteiger partial charge in [0.2, 0.25) is 5.91 Å². The summed E-state index contributed by atoms with van der Waals surface area (Å²) in [6.45, 7) is 0.662. The molecule has 0 radical (unpaired) electrons. The van der Waals surface area contributed by atoms with Crippen molar-refractivity contribution in [1.82, 2.24) is 9.88 Å². The van der Waals surface area contributed by atoms with Gasteiger partial charge >= 0.3 is 0 Å². The SMILES string of the molecule is COc1ccc2c(c1)[C@]1(C(=O)N2)C(C(=O)c2cccnc2)[C@@H](c2ccc([N+](=O)[O-])cc2)C2CCCN21. The van der Waals surface area contributed by atoms with E-state index in [2.05, 4.69) is 15.2 Å². The van der Waals surface area contributed by atoms with Crippen molar-refractivity contribution >= 4 is 23.1 Å². The molecule has 2 fully saturated rings. The standard InChI is InChI=1S/C27H24N4O5/c1-36-19-10-11-21-20(14-19)27(26(33)29-21)24(25(32)17-4-2-12-28-15-17)23(22-5-3-13-30(22)27)16-6-8-18(9-7-16)31(34)35/h2,4,6-12,14-15,22-24H,3,5,13H2,1H3,(H,29,33)/t22?,23-,24?,27+/m0/s1. The lowest BCUT2D eigenvalue weighted by atomic mass is 9.69. The maximum Gasteiger partial charge on any atom is 0.269 e. The van der Waals surface area contributed by atoms with E-state index in [1.165, 1.54) is 18.3 Å². The van der Waals surface area contributed by atoms with Gasteiger partial charge in [-0.25, -0.2) is 0 Å². The predicted octanol–water partition coefficient (Wildman–Crippen LogP) is 3.91. The molecule has 3 aromatic rings. The first-order valence-corrected chi connectivity index (χ1v) is 11.9. The number of ketones is 1. The Bertz CT molecular complexity index is 1380. The Balaban J connectivity index is 1.60. The number of fused-ring (bicyclic) bond motifs is 4. The van der Waals surface area contributed by atoms with E-state index in [1.807, 2.05) is 12.1 Å². The van der Waals surface area contributed by atoms with Gasteiger partial charge in [-0.3, -0.25) is 29.6 Å². The Hall–Kier alpha value is -4.11. The first kappa shape index (κ1) is 22.4. The molecule has 2 unspecified atom stereocenters. The van der Waals surface area contributed by atoms with Crippen LogP contribution in [0.2, 0.25) is 0 Å². The van der Waals surface area contributed by atoms with E-state index in [4.69, 9.17) is 4.74 Å². The predicted molar refractivity (Wildman–Crippen MR) is 131 cm³/mol. The highest BCUT2D eigenvalue weighted by Crippen LogP contribution is 2.61. The molecule has 36 heavy (non-hydrogen) atoms. The molecule has 0 saturated carbocycles. The number of ether oxygens (including phenoxy) is 1. The van der Waals surface area contributed by atoms with Gasteiger partial charge in [0.1, 0.15) is 11.3 Å². The van der Waals surface area contributed by atoms with Crippen molar-refractivity contribution in [2.24, 2.45) is 5.92 Å². The summed E-state index contributed by atoms with van der Waals surface area (Å²) >= 11 is 0. The highest BCUT2D eigenvalue weighted by molar-refractivity contribution is 6.12. The van der Waals surface area contributed by atoms with E-state index in [1.54, 1.807) is 43.6 Å². The van der Waals surface area contributed by atoms with Crippen molar-refractivity contribution in [1.29, 1.82) is 0 Å².